The minimum absolute atomic E-state index is 0.277. The number of rotatable bonds is 1. The minimum Gasteiger partial charge on any atom is -0.284 e. The Morgan fingerprint density at radius 2 is 2.17 bits per heavy atom. The van der Waals surface area contributed by atoms with Gasteiger partial charge in [0.2, 0.25) is 0 Å². The molecule has 0 fully saturated rings. The highest BCUT2D eigenvalue weighted by Gasteiger charge is 2.04. The van der Waals surface area contributed by atoms with E-state index in [1.807, 2.05) is 0 Å². The fraction of sp³-hybridized carbons (Fsp3) is 0. The Bertz CT molecular complexity index is 368. The van der Waals surface area contributed by atoms with E-state index in [1.54, 1.807) is 24.4 Å². The first-order valence-electron chi connectivity index (χ1n) is 3.54. The molecule has 0 aliphatic carbocycles. The van der Waals surface area contributed by atoms with Gasteiger partial charge in [0.25, 0.3) is 0 Å². The van der Waals surface area contributed by atoms with Gasteiger partial charge in [-0.15, -0.1) is 0 Å². The van der Waals surface area contributed by atoms with Crippen molar-refractivity contribution in [2.75, 3.05) is 0 Å². The van der Waals surface area contributed by atoms with Crippen LogP contribution in [0.2, 0.25) is 0 Å². The maximum absolute atomic E-state index is 13.1. The molecule has 2 aromatic rings. The van der Waals surface area contributed by atoms with Gasteiger partial charge in [-0.3, -0.25) is 5.10 Å². The molecule has 0 aliphatic heterocycles. The Balaban J connectivity index is 2.55. The van der Waals surface area contributed by atoms with Crippen LogP contribution in [0.1, 0.15) is 0 Å². The summed E-state index contributed by atoms with van der Waals surface area (Å²) in [6.07, 6.45) is 1.54. The van der Waals surface area contributed by atoms with Crippen molar-refractivity contribution in [2.45, 2.75) is 0 Å². The maximum atomic E-state index is 13.1. The molecule has 0 saturated heterocycles. The topological polar surface area (TPSA) is 28.7 Å². The van der Waals surface area contributed by atoms with Gasteiger partial charge >= 0.3 is 0 Å². The highest BCUT2D eigenvalue weighted by molar-refractivity contribution is 5.58. The van der Waals surface area contributed by atoms with Gasteiger partial charge in [-0.1, -0.05) is 12.1 Å². The number of nitrogens with zero attached hydrogens (tertiary/aromatic N) is 1. The third-order valence-corrected chi connectivity index (χ3v) is 1.58. The number of hydrogen-bond donors (Lipinski definition) is 1. The van der Waals surface area contributed by atoms with E-state index in [0.717, 1.165) is 0 Å². The summed E-state index contributed by atoms with van der Waals surface area (Å²) in [4.78, 5) is 0. The van der Waals surface area contributed by atoms with Crippen LogP contribution in [0.4, 0.5) is 4.39 Å². The van der Waals surface area contributed by atoms with E-state index >= 15 is 0 Å². The van der Waals surface area contributed by atoms with Crippen molar-refractivity contribution >= 4 is 0 Å². The molecule has 1 radical (unpaired) electrons. The fourth-order valence-corrected chi connectivity index (χ4v) is 1.02. The predicted molar refractivity (Wildman–Crippen MR) is 42.8 cm³/mol. The first-order valence-corrected chi connectivity index (χ1v) is 3.54. The van der Waals surface area contributed by atoms with E-state index in [1.165, 1.54) is 6.07 Å². The van der Waals surface area contributed by atoms with E-state index in [0.29, 0.717) is 11.3 Å². The highest BCUT2D eigenvalue weighted by atomic mass is 19.1. The number of aromatic amines is 1. The zero-order valence-electron chi connectivity index (χ0n) is 6.21. The second-order valence-corrected chi connectivity index (χ2v) is 2.36. The molecule has 0 aliphatic rings. The summed E-state index contributed by atoms with van der Waals surface area (Å²) in [5, 5.41) is 6.41. The summed E-state index contributed by atoms with van der Waals surface area (Å²) in [6.45, 7) is 0. The van der Waals surface area contributed by atoms with Crippen molar-refractivity contribution < 1.29 is 4.39 Å². The molecule has 0 atom stereocenters. The van der Waals surface area contributed by atoms with E-state index in [-0.39, 0.29) is 5.82 Å². The summed E-state index contributed by atoms with van der Waals surface area (Å²) in [5.74, 6) is -0.277. The standard InChI is InChI=1S/C9H6FN2/c10-8-4-2-1-3-7(8)9-5-6-11-12-9/h1-4,6H,(H,11,12). The van der Waals surface area contributed by atoms with Gasteiger partial charge in [-0.05, 0) is 12.1 Å². The second-order valence-electron chi connectivity index (χ2n) is 2.36. The molecule has 1 aromatic heterocycles. The largest absolute Gasteiger partial charge is 0.284 e. The molecule has 1 heterocycles. The Morgan fingerprint density at radius 1 is 1.33 bits per heavy atom. The molecule has 0 bridgehead atoms. The summed E-state index contributed by atoms with van der Waals surface area (Å²) in [5.41, 5.74) is 0.979. The maximum Gasteiger partial charge on any atom is 0.132 e. The lowest BCUT2D eigenvalue weighted by Crippen LogP contribution is -1.83. The molecule has 0 saturated carbocycles. The van der Waals surface area contributed by atoms with Crippen molar-refractivity contribution in [3.05, 3.63) is 42.3 Å². The summed E-state index contributed by atoms with van der Waals surface area (Å²) >= 11 is 0. The first-order chi connectivity index (χ1) is 5.88. The quantitative estimate of drug-likeness (QED) is 0.681. The van der Waals surface area contributed by atoms with Crippen LogP contribution in [0.3, 0.4) is 0 Å². The van der Waals surface area contributed by atoms with Crippen molar-refractivity contribution in [2.24, 2.45) is 0 Å². The number of halogens is 1. The van der Waals surface area contributed by atoms with Crippen LogP contribution in [0, 0.1) is 11.9 Å². The Hall–Kier alpha value is -1.64. The van der Waals surface area contributed by atoms with Gasteiger partial charge in [0.1, 0.15) is 11.5 Å². The number of nitrogens with one attached hydrogen (secondary N) is 1. The molecule has 1 N–H and O–H groups in total. The first kappa shape index (κ1) is 7.03. The van der Waals surface area contributed by atoms with Crippen molar-refractivity contribution in [3.8, 4) is 11.3 Å². The molecular formula is C9H6FN2. The number of hydrogen-bond acceptors (Lipinski definition) is 1. The van der Waals surface area contributed by atoms with Crippen LogP contribution in [-0.2, 0) is 0 Å². The van der Waals surface area contributed by atoms with Gasteiger partial charge in [0.15, 0.2) is 0 Å². The zero-order chi connectivity index (χ0) is 8.39. The predicted octanol–water partition coefficient (Wildman–Crippen LogP) is 2.02. The minimum atomic E-state index is -0.277. The lowest BCUT2D eigenvalue weighted by atomic mass is 10.1. The van der Waals surface area contributed by atoms with Crippen LogP contribution in [0.25, 0.3) is 11.3 Å². The lowest BCUT2D eigenvalue weighted by Gasteiger charge is -1.95. The van der Waals surface area contributed by atoms with E-state index in [2.05, 4.69) is 16.3 Å². The van der Waals surface area contributed by atoms with Crippen LogP contribution in [0.15, 0.2) is 30.5 Å². The van der Waals surface area contributed by atoms with Crippen LogP contribution < -0.4 is 0 Å². The molecule has 2 nitrogen and oxygen atoms in total. The number of benzene rings is 1. The molecule has 12 heavy (non-hydrogen) atoms. The SMILES string of the molecule is Fc1ccccc1-c1[c]c[nH]n1. The Morgan fingerprint density at radius 3 is 2.83 bits per heavy atom. The smallest absolute Gasteiger partial charge is 0.132 e. The van der Waals surface area contributed by atoms with E-state index < -0.39 is 0 Å². The van der Waals surface area contributed by atoms with Crippen LogP contribution in [0.5, 0.6) is 0 Å². The summed E-state index contributed by atoms with van der Waals surface area (Å²) in [7, 11) is 0. The monoisotopic (exact) mass is 161 g/mol. The second kappa shape index (κ2) is 2.77. The van der Waals surface area contributed by atoms with Gasteiger partial charge in [0.05, 0.1) is 0 Å². The molecule has 0 unspecified atom stereocenters. The zero-order valence-corrected chi connectivity index (χ0v) is 6.21. The normalized spacial score (nSPS) is 10.1. The molecule has 59 valence electrons. The molecule has 1 aromatic carbocycles. The van der Waals surface area contributed by atoms with Crippen molar-refractivity contribution in [1.29, 1.82) is 0 Å². The van der Waals surface area contributed by atoms with Gasteiger partial charge < -0.3 is 0 Å². The van der Waals surface area contributed by atoms with Crippen LogP contribution >= 0.6 is 0 Å². The Kier molecular flexibility index (Phi) is 1.63. The molecule has 0 amide bonds. The summed E-state index contributed by atoms with van der Waals surface area (Å²) in [6, 6.07) is 9.27. The summed E-state index contributed by atoms with van der Waals surface area (Å²) < 4.78 is 13.1. The Labute approximate surface area is 69.1 Å². The van der Waals surface area contributed by atoms with E-state index in [4.69, 9.17) is 0 Å². The molecule has 2 rings (SSSR count). The van der Waals surface area contributed by atoms with Gasteiger partial charge in [0, 0.05) is 17.8 Å². The third kappa shape index (κ3) is 1.09. The molecule has 3 heteroatoms. The van der Waals surface area contributed by atoms with E-state index in [9.17, 15) is 4.39 Å². The van der Waals surface area contributed by atoms with Gasteiger partial charge in [-0.25, -0.2) is 4.39 Å². The lowest BCUT2D eigenvalue weighted by molar-refractivity contribution is 0.630. The highest BCUT2D eigenvalue weighted by Crippen LogP contribution is 2.18. The molecule has 0 spiro atoms. The average molecular weight is 161 g/mol. The number of aromatic nitrogens is 2. The average Bonchev–Trinajstić information content (AvgIpc) is 2.57. The van der Waals surface area contributed by atoms with Crippen molar-refractivity contribution in [1.82, 2.24) is 10.2 Å². The third-order valence-electron chi connectivity index (χ3n) is 1.58. The van der Waals surface area contributed by atoms with Gasteiger partial charge in [-0.2, -0.15) is 5.10 Å². The number of H-pyrrole nitrogens is 1. The molecular weight excluding hydrogens is 155 g/mol. The van der Waals surface area contributed by atoms with Crippen LogP contribution in [-0.4, -0.2) is 10.2 Å². The fourth-order valence-electron chi connectivity index (χ4n) is 1.02. The van der Waals surface area contributed by atoms with Crippen molar-refractivity contribution in [3.63, 3.8) is 0 Å².